The van der Waals surface area contributed by atoms with E-state index in [0.717, 1.165) is 24.2 Å². The highest BCUT2D eigenvalue weighted by molar-refractivity contribution is 7.80. The van der Waals surface area contributed by atoms with E-state index in [1.165, 1.54) is 105 Å². The molecule has 0 atom stereocenters. The molecule has 63 heavy (non-hydrogen) atoms. The van der Waals surface area contributed by atoms with Crippen molar-refractivity contribution < 1.29 is 0 Å². The number of aryl methyl sites for hydroxylation is 4. The number of rotatable bonds is 8. The van der Waals surface area contributed by atoms with Crippen LogP contribution in [-0.4, -0.2) is 0 Å². The van der Waals surface area contributed by atoms with Crippen molar-refractivity contribution in [2.45, 2.75) is 120 Å². The zero-order valence-corrected chi connectivity index (χ0v) is 42.0. The Morgan fingerprint density at radius 2 is 1.49 bits per heavy atom. The number of fused-ring (bicyclic) bond motifs is 3. The van der Waals surface area contributed by atoms with Gasteiger partial charge in [0.15, 0.2) is 0 Å². The van der Waals surface area contributed by atoms with Gasteiger partial charge in [0.05, 0.1) is 0 Å². The van der Waals surface area contributed by atoms with E-state index < -0.39 is 0 Å². The molecule has 0 aliphatic heterocycles. The zero-order valence-electron chi connectivity index (χ0n) is 40.3. The first kappa shape index (κ1) is 48.9. The summed E-state index contributed by atoms with van der Waals surface area (Å²) in [5.74, 6) is 0. The summed E-state index contributed by atoms with van der Waals surface area (Å²) in [7, 11) is 0. The normalized spacial score (nSPS) is 13.8. The Morgan fingerprint density at radius 3 is 2.17 bits per heavy atom. The Hall–Kier alpha value is -5.15. The van der Waals surface area contributed by atoms with Crippen molar-refractivity contribution in [3.63, 3.8) is 0 Å². The van der Waals surface area contributed by atoms with Crippen molar-refractivity contribution in [1.29, 1.82) is 0 Å². The molecule has 0 saturated carbocycles. The van der Waals surface area contributed by atoms with Crippen LogP contribution in [-0.2, 0) is 5.41 Å². The van der Waals surface area contributed by atoms with Crippen LogP contribution in [0.15, 0.2) is 155 Å². The Bertz CT molecular complexity index is 2660. The second-order valence-electron chi connectivity index (χ2n) is 17.3. The first-order chi connectivity index (χ1) is 30.3. The topological polar surface area (TPSA) is 0 Å². The molecule has 2 heteroatoms. The third kappa shape index (κ3) is 11.3. The van der Waals surface area contributed by atoms with E-state index in [9.17, 15) is 0 Å². The smallest absolute Gasteiger partial charge is 0.0165 e. The summed E-state index contributed by atoms with van der Waals surface area (Å²) in [5, 5.41) is 2.13. The summed E-state index contributed by atoms with van der Waals surface area (Å²) in [6, 6.07) is 35.9. The Morgan fingerprint density at radius 1 is 0.778 bits per heavy atom. The Kier molecular flexibility index (Phi) is 17.4. The average molecular weight is 867 g/mol. The minimum absolute atomic E-state index is 0.109. The first-order valence-corrected chi connectivity index (χ1v) is 24.2. The minimum Gasteiger partial charge on any atom is -0.149 e. The lowest BCUT2D eigenvalue weighted by Crippen LogP contribution is -2.18. The maximum atomic E-state index is 5.01. The van der Waals surface area contributed by atoms with Gasteiger partial charge in [0.2, 0.25) is 0 Å². The molecule has 2 aliphatic carbocycles. The number of hydrogen-bond acceptors (Lipinski definition) is 2. The van der Waals surface area contributed by atoms with E-state index in [1.807, 2.05) is 26.8 Å². The van der Waals surface area contributed by atoms with Crippen molar-refractivity contribution in [3.05, 3.63) is 205 Å². The molecular weight excluding hydrogens is 797 g/mol. The standard InChI is InChI=1S/C43H44S.C16H20S.C2H6/c1-8-30(31-15-10-9-11-16-31)24-36(27(2)3)37-25-32(19-18-29(37)5)33-20-22-39-38(26-33)35-21-23-40(44)41(42(35)43(39,6)7)34-17-13-12-14-28(34)4;1-5-6-7-10-16-14(3)12-13(2)9-8-11-17-15(16)4;1-2/h9-11,13,15-26,44H,8,12,14H2,1-7H3;5-12H,1-4H3;1-2H3/b30-24+;6-5-,10-7-,11-8?,13-9?,14-12?,16-15?;. The van der Waals surface area contributed by atoms with Gasteiger partial charge in [-0.1, -0.05) is 173 Å². The molecule has 1 heterocycles. The summed E-state index contributed by atoms with van der Waals surface area (Å²) in [6.45, 7) is 28.5. The van der Waals surface area contributed by atoms with Crippen LogP contribution in [0.1, 0.15) is 137 Å². The van der Waals surface area contributed by atoms with E-state index in [1.54, 1.807) is 11.3 Å². The van der Waals surface area contributed by atoms with Crippen LogP contribution in [0.3, 0.4) is 0 Å². The maximum Gasteiger partial charge on any atom is 0.0165 e. The monoisotopic (exact) mass is 866 g/mol. The predicted octanol–water partition coefficient (Wildman–Crippen LogP) is 19.1. The van der Waals surface area contributed by atoms with E-state index in [4.69, 9.17) is 12.6 Å². The van der Waals surface area contributed by atoms with Crippen LogP contribution >= 0.6 is 24.0 Å². The highest BCUT2D eigenvalue weighted by Crippen LogP contribution is 2.54. The van der Waals surface area contributed by atoms with Gasteiger partial charge in [-0.2, -0.15) is 0 Å². The van der Waals surface area contributed by atoms with Crippen LogP contribution in [0, 0.1) is 27.7 Å². The average Bonchev–Trinajstić information content (AvgIpc) is 3.53. The van der Waals surface area contributed by atoms with E-state index >= 15 is 0 Å². The van der Waals surface area contributed by atoms with Crippen LogP contribution in [0.5, 0.6) is 0 Å². The van der Waals surface area contributed by atoms with E-state index in [2.05, 4.69) is 208 Å². The van der Waals surface area contributed by atoms with Crippen molar-refractivity contribution in [2.75, 3.05) is 0 Å². The summed E-state index contributed by atoms with van der Waals surface area (Å²) in [4.78, 5) is 2.40. The van der Waals surface area contributed by atoms with Gasteiger partial charge in [-0.25, -0.2) is 0 Å². The minimum atomic E-state index is -0.109. The quantitative estimate of drug-likeness (QED) is 0.117. The third-order valence-corrected chi connectivity index (χ3v) is 13.5. The molecule has 4 aromatic carbocycles. The molecule has 0 saturated heterocycles. The van der Waals surface area contributed by atoms with Crippen molar-refractivity contribution in [3.8, 4) is 22.3 Å². The molecule has 0 radical (unpaired) electrons. The SMILES string of the molecule is C/C=C\C=C/c1c(C)cc(C)cccsc1C.CC.CC/C(=C\C(=C(C)C)c1cc(-c2ccc3c(c2)-c2ccc(S)c(C4=C(C)CCC=C4)c2C3(C)C)ccc1C)c1ccccc1. The largest absolute Gasteiger partial charge is 0.149 e. The predicted molar refractivity (Wildman–Crippen MR) is 287 cm³/mol. The van der Waals surface area contributed by atoms with Crippen molar-refractivity contribution in [2.24, 2.45) is 0 Å². The Balaban J connectivity index is 0.000000331. The fourth-order valence-electron chi connectivity index (χ4n) is 8.89. The molecule has 0 bridgehead atoms. The number of thiol groups is 1. The van der Waals surface area contributed by atoms with Crippen LogP contribution < -0.4 is 0 Å². The summed E-state index contributed by atoms with van der Waals surface area (Å²) in [6.07, 6.45) is 18.6. The molecule has 5 aromatic rings. The molecule has 2 aliphatic rings. The first-order valence-electron chi connectivity index (χ1n) is 22.9. The van der Waals surface area contributed by atoms with Crippen molar-refractivity contribution >= 4 is 46.8 Å². The van der Waals surface area contributed by atoms with Gasteiger partial charge in [-0.05, 0) is 182 Å². The molecule has 0 nitrogen and oxygen atoms in total. The zero-order chi connectivity index (χ0) is 45.8. The van der Waals surface area contributed by atoms with Gasteiger partial charge in [0.1, 0.15) is 0 Å². The maximum absolute atomic E-state index is 5.01. The molecule has 0 fully saturated rings. The van der Waals surface area contributed by atoms with Crippen LogP contribution in [0.4, 0.5) is 0 Å². The highest BCUT2D eigenvalue weighted by Gasteiger charge is 2.39. The van der Waals surface area contributed by atoms with Crippen LogP contribution in [0.25, 0.3) is 45.0 Å². The molecule has 7 rings (SSSR count). The van der Waals surface area contributed by atoms with Crippen LogP contribution in [0.2, 0.25) is 0 Å². The molecule has 0 amide bonds. The number of benzene rings is 4. The van der Waals surface area contributed by atoms with E-state index in [-0.39, 0.29) is 5.41 Å². The van der Waals surface area contributed by atoms with Gasteiger partial charge in [-0.3, -0.25) is 0 Å². The lowest BCUT2D eigenvalue weighted by atomic mass is 9.77. The number of hydrogen-bond donors (Lipinski definition) is 1. The number of allylic oxidation sites excluding steroid dienone is 11. The molecule has 0 unspecified atom stereocenters. The fourth-order valence-corrected chi connectivity index (χ4v) is 9.91. The molecule has 0 N–H and O–H groups in total. The lowest BCUT2D eigenvalue weighted by Gasteiger charge is -2.27. The summed E-state index contributed by atoms with van der Waals surface area (Å²) < 4.78 is 0. The van der Waals surface area contributed by atoms with E-state index in [0.29, 0.717) is 0 Å². The van der Waals surface area contributed by atoms with Gasteiger partial charge in [0.25, 0.3) is 0 Å². The molecular formula is C61H70S2. The summed E-state index contributed by atoms with van der Waals surface area (Å²) in [5.41, 5.74) is 23.8. The van der Waals surface area contributed by atoms with Gasteiger partial charge >= 0.3 is 0 Å². The van der Waals surface area contributed by atoms with Gasteiger partial charge in [0, 0.05) is 15.2 Å². The van der Waals surface area contributed by atoms with Crippen molar-refractivity contribution in [1.82, 2.24) is 0 Å². The summed E-state index contributed by atoms with van der Waals surface area (Å²) >= 11 is 6.79. The van der Waals surface area contributed by atoms with Gasteiger partial charge in [-0.15, -0.1) is 24.0 Å². The lowest BCUT2D eigenvalue weighted by molar-refractivity contribution is 0.656. The highest BCUT2D eigenvalue weighted by atomic mass is 32.1. The Labute approximate surface area is 391 Å². The molecule has 326 valence electrons. The molecule has 0 spiro atoms. The fraction of sp³-hybridized carbons (Fsp3) is 0.279. The molecule has 1 aromatic heterocycles. The second-order valence-corrected chi connectivity index (χ2v) is 18.9. The second kappa shape index (κ2) is 22.5. The van der Waals surface area contributed by atoms with Gasteiger partial charge < -0.3 is 0 Å². The third-order valence-electron chi connectivity index (χ3n) is 12.2.